The number of aromatic nitrogens is 4. The third-order valence-corrected chi connectivity index (χ3v) is 11.7. The maximum Gasteiger partial charge on any atom is 0.258 e. The summed E-state index contributed by atoms with van der Waals surface area (Å²) in [7, 11) is 0. The Morgan fingerprint density at radius 3 is 1.71 bits per heavy atom. The lowest BCUT2D eigenvalue weighted by Gasteiger charge is -2.35. The van der Waals surface area contributed by atoms with Crippen molar-refractivity contribution in [2.75, 3.05) is 46.1 Å². The van der Waals surface area contributed by atoms with E-state index in [1.54, 1.807) is 6.07 Å². The standard InChI is InChI=1S/C25H29N5O3.C23H28N4O3/c1-2-3-17-4-6-20(11-22(17)12-26)24-28-23(29-33-24)19-5-7-21-13-30(9-8-18(21)10-19)14-25(27,15-31)16-32;1-2-3-16-4-6-17(7-5-16)22-25-21(26-30-22)18-8-9-19-11-27(12-20(19)10-18)13-23(24,14-28)15-29/h4-7,10-11,31-32H,2-3,8-9,13-16,27H2,1H3;4-10,28-29H,2-3,11-15,24H2,1H3. The highest BCUT2D eigenvalue weighted by molar-refractivity contribution is 5.64. The molecule has 2 aliphatic heterocycles. The number of aliphatic hydroxyl groups is 4. The van der Waals surface area contributed by atoms with Crippen LogP contribution in [0.2, 0.25) is 0 Å². The molecule has 2 aromatic heterocycles. The zero-order valence-corrected chi connectivity index (χ0v) is 36.0. The van der Waals surface area contributed by atoms with Crippen molar-refractivity contribution in [2.45, 2.75) is 76.7 Å². The summed E-state index contributed by atoms with van der Waals surface area (Å²) >= 11 is 0. The number of rotatable bonds is 16. The predicted molar refractivity (Wildman–Crippen MR) is 238 cm³/mol. The Bertz CT molecular complexity index is 2500. The SMILES string of the molecule is CCCc1ccc(-c2nc(-c3ccc4c(c3)CCN(CC(N)(CO)CO)C4)no2)cc1C#N.CCCc1ccc(-c2nc(-c3ccc4c(c3)CN(CC(N)(CO)CO)C4)no2)cc1. The Labute approximate surface area is 367 Å². The molecule has 6 aromatic rings. The highest BCUT2D eigenvalue weighted by Crippen LogP contribution is 2.31. The van der Waals surface area contributed by atoms with E-state index in [0.29, 0.717) is 55.2 Å². The van der Waals surface area contributed by atoms with Gasteiger partial charge in [0, 0.05) is 61.5 Å². The van der Waals surface area contributed by atoms with E-state index in [4.69, 9.17) is 20.5 Å². The van der Waals surface area contributed by atoms with Crippen LogP contribution < -0.4 is 11.5 Å². The zero-order valence-electron chi connectivity index (χ0n) is 36.0. The van der Waals surface area contributed by atoms with Crippen molar-refractivity contribution in [3.63, 3.8) is 0 Å². The molecule has 2 aliphatic rings. The molecule has 0 aliphatic carbocycles. The van der Waals surface area contributed by atoms with Gasteiger partial charge in [-0.25, -0.2) is 0 Å². The van der Waals surface area contributed by atoms with E-state index in [-0.39, 0.29) is 26.4 Å². The lowest BCUT2D eigenvalue weighted by molar-refractivity contribution is 0.0786. The fourth-order valence-corrected chi connectivity index (χ4v) is 8.11. The van der Waals surface area contributed by atoms with Gasteiger partial charge in [-0.05, 0) is 89.0 Å². The average Bonchev–Trinajstić information content (AvgIpc) is 4.10. The maximum absolute atomic E-state index is 9.47. The minimum absolute atomic E-state index is 0.257. The first kappa shape index (κ1) is 45.4. The molecular weight excluding hydrogens is 799 g/mol. The molecule has 0 saturated carbocycles. The van der Waals surface area contributed by atoms with E-state index < -0.39 is 11.1 Å². The molecule has 4 aromatic carbocycles. The summed E-state index contributed by atoms with van der Waals surface area (Å²) in [5.41, 5.74) is 21.2. The van der Waals surface area contributed by atoms with Crippen LogP contribution in [0, 0.1) is 11.3 Å². The van der Waals surface area contributed by atoms with Crippen LogP contribution in [0.3, 0.4) is 0 Å². The van der Waals surface area contributed by atoms with Crippen LogP contribution in [-0.2, 0) is 38.9 Å². The summed E-state index contributed by atoms with van der Waals surface area (Å²) in [5.74, 6) is 1.96. The van der Waals surface area contributed by atoms with Crippen molar-refractivity contribution in [1.82, 2.24) is 30.1 Å². The molecule has 4 heterocycles. The van der Waals surface area contributed by atoms with Crippen LogP contribution in [0.5, 0.6) is 0 Å². The van der Waals surface area contributed by atoms with E-state index >= 15 is 0 Å². The van der Waals surface area contributed by atoms with Gasteiger partial charge in [0.2, 0.25) is 11.6 Å². The molecular formula is C48H57N9O6. The molecule has 15 nitrogen and oxygen atoms in total. The number of nitrogens with two attached hydrogens (primary N) is 2. The highest BCUT2D eigenvalue weighted by atomic mass is 16.5. The summed E-state index contributed by atoms with van der Waals surface area (Å²) in [6.45, 7) is 6.99. The minimum atomic E-state index is -1.00. The van der Waals surface area contributed by atoms with Gasteiger partial charge in [-0.3, -0.25) is 9.80 Å². The number of aliphatic hydroxyl groups excluding tert-OH is 4. The Morgan fingerprint density at radius 1 is 0.619 bits per heavy atom. The number of benzene rings is 4. The van der Waals surface area contributed by atoms with Crippen LogP contribution >= 0.6 is 0 Å². The van der Waals surface area contributed by atoms with Crippen molar-refractivity contribution in [3.8, 4) is 51.8 Å². The van der Waals surface area contributed by atoms with Crippen LogP contribution in [0.4, 0.5) is 0 Å². The number of nitriles is 1. The van der Waals surface area contributed by atoms with Crippen molar-refractivity contribution < 1.29 is 29.5 Å². The monoisotopic (exact) mass is 855 g/mol. The first-order valence-corrected chi connectivity index (χ1v) is 21.5. The summed E-state index contributed by atoms with van der Waals surface area (Å²) in [4.78, 5) is 13.4. The smallest absolute Gasteiger partial charge is 0.258 e. The van der Waals surface area contributed by atoms with Gasteiger partial charge in [0.1, 0.15) is 0 Å². The topological polar surface area (TPSA) is 241 Å². The first-order valence-electron chi connectivity index (χ1n) is 21.5. The molecule has 0 spiro atoms. The molecule has 0 bridgehead atoms. The molecule has 0 amide bonds. The fourth-order valence-electron chi connectivity index (χ4n) is 8.11. The highest BCUT2D eigenvalue weighted by Gasteiger charge is 2.31. The Hall–Kier alpha value is -5.67. The number of nitrogens with zero attached hydrogens (tertiary/aromatic N) is 7. The summed E-state index contributed by atoms with van der Waals surface area (Å²) in [6.07, 6.45) is 4.84. The van der Waals surface area contributed by atoms with Crippen molar-refractivity contribution >= 4 is 0 Å². The molecule has 8 rings (SSSR count). The van der Waals surface area contributed by atoms with E-state index in [0.717, 1.165) is 73.0 Å². The van der Waals surface area contributed by atoms with Crippen LogP contribution in [0.1, 0.15) is 65.6 Å². The van der Waals surface area contributed by atoms with Gasteiger partial charge >= 0.3 is 0 Å². The van der Waals surface area contributed by atoms with Gasteiger partial charge in [0.15, 0.2) is 0 Å². The molecule has 0 atom stereocenters. The van der Waals surface area contributed by atoms with Crippen LogP contribution in [0.25, 0.3) is 45.7 Å². The maximum atomic E-state index is 9.47. The lowest BCUT2D eigenvalue weighted by atomic mass is 9.95. The van der Waals surface area contributed by atoms with Gasteiger partial charge in [0.05, 0.1) is 49.1 Å². The van der Waals surface area contributed by atoms with Gasteiger partial charge in [-0.1, -0.05) is 79.5 Å². The summed E-state index contributed by atoms with van der Waals surface area (Å²) < 4.78 is 11.0. The number of fused-ring (bicyclic) bond motifs is 2. The average molecular weight is 856 g/mol. The van der Waals surface area contributed by atoms with Crippen molar-refractivity contribution in [2.24, 2.45) is 11.5 Å². The van der Waals surface area contributed by atoms with E-state index in [2.05, 4.69) is 86.4 Å². The molecule has 0 saturated heterocycles. The van der Waals surface area contributed by atoms with E-state index in [9.17, 15) is 25.7 Å². The molecule has 0 fully saturated rings. The number of aryl methyl sites for hydroxylation is 2. The van der Waals surface area contributed by atoms with Crippen LogP contribution in [0.15, 0.2) is 87.9 Å². The quantitative estimate of drug-likeness (QED) is 0.0779. The molecule has 0 radical (unpaired) electrons. The molecule has 63 heavy (non-hydrogen) atoms. The number of hydrogen-bond acceptors (Lipinski definition) is 15. The van der Waals surface area contributed by atoms with Gasteiger partial charge in [-0.15, -0.1) is 0 Å². The second kappa shape index (κ2) is 20.2. The summed E-state index contributed by atoms with van der Waals surface area (Å²) in [6, 6.07) is 28.4. The lowest BCUT2D eigenvalue weighted by Crippen LogP contribution is -2.56. The predicted octanol–water partition coefficient (Wildman–Crippen LogP) is 4.62. The third-order valence-electron chi connectivity index (χ3n) is 11.7. The Morgan fingerprint density at radius 2 is 1.13 bits per heavy atom. The Balaban J connectivity index is 0.000000190. The Kier molecular flexibility index (Phi) is 14.6. The summed E-state index contributed by atoms with van der Waals surface area (Å²) in [5, 5.41) is 55.7. The van der Waals surface area contributed by atoms with Gasteiger partial charge < -0.3 is 40.9 Å². The second-order valence-electron chi connectivity index (χ2n) is 17.0. The number of hydrogen-bond donors (Lipinski definition) is 6. The van der Waals surface area contributed by atoms with Crippen molar-refractivity contribution in [1.29, 1.82) is 5.26 Å². The third kappa shape index (κ3) is 10.8. The minimum Gasteiger partial charge on any atom is -0.394 e. The van der Waals surface area contributed by atoms with E-state index in [1.165, 1.54) is 27.8 Å². The zero-order chi connectivity index (χ0) is 44.6. The van der Waals surface area contributed by atoms with Crippen molar-refractivity contribution in [3.05, 3.63) is 118 Å². The van der Waals surface area contributed by atoms with Crippen LogP contribution in [-0.4, -0.2) is 108 Å². The normalized spacial score (nSPS) is 14.2. The molecule has 8 N–H and O–H groups in total. The first-order chi connectivity index (χ1) is 30.5. The second-order valence-corrected chi connectivity index (χ2v) is 17.0. The molecule has 330 valence electrons. The van der Waals surface area contributed by atoms with Gasteiger partial charge in [0.25, 0.3) is 11.8 Å². The molecule has 15 heteroatoms. The molecule has 0 unspecified atom stereocenters. The fraction of sp³-hybridized carbons (Fsp3) is 0.396. The van der Waals surface area contributed by atoms with E-state index in [1.807, 2.05) is 36.4 Å². The largest absolute Gasteiger partial charge is 0.394 e. The van der Waals surface area contributed by atoms with Gasteiger partial charge in [-0.2, -0.15) is 15.2 Å².